The van der Waals surface area contributed by atoms with Gasteiger partial charge >= 0.3 is 0 Å². The van der Waals surface area contributed by atoms with E-state index in [1.54, 1.807) is 0 Å². The fraction of sp³-hybridized carbons (Fsp3) is 0.833. The fourth-order valence-corrected chi connectivity index (χ4v) is 1.69. The first kappa shape index (κ1) is 12.7. The van der Waals surface area contributed by atoms with E-state index in [9.17, 15) is 0 Å². The van der Waals surface area contributed by atoms with Gasteiger partial charge in [-0.25, -0.2) is 0 Å². The summed E-state index contributed by atoms with van der Waals surface area (Å²) in [6.07, 6.45) is 3.37. The molecule has 1 heteroatoms. The Kier molecular flexibility index (Phi) is 5.31. The average Bonchev–Trinajstić information content (AvgIpc) is 2.52. The lowest BCUT2D eigenvalue weighted by atomic mass is 9.87. The molecule has 1 aliphatic rings. The van der Waals surface area contributed by atoms with Gasteiger partial charge in [-0.3, -0.25) is 0 Å². The minimum Gasteiger partial charge on any atom is -0.366 e. The molecule has 1 atom stereocenters. The van der Waals surface area contributed by atoms with Crippen molar-refractivity contribution >= 4 is 0 Å². The Morgan fingerprint density at radius 2 is 2.00 bits per heavy atom. The molecule has 0 fully saturated rings. The van der Waals surface area contributed by atoms with Gasteiger partial charge in [0.2, 0.25) is 0 Å². The van der Waals surface area contributed by atoms with Crippen molar-refractivity contribution in [1.82, 2.24) is 0 Å². The largest absolute Gasteiger partial charge is 0.366 e. The van der Waals surface area contributed by atoms with E-state index < -0.39 is 0 Å². The van der Waals surface area contributed by atoms with Gasteiger partial charge in [-0.05, 0) is 24.8 Å². The van der Waals surface area contributed by atoms with Crippen LogP contribution < -0.4 is 0 Å². The molecule has 0 saturated carbocycles. The Labute approximate surface area is 83.2 Å². The highest BCUT2D eigenvalue weighted by Crippen LogP contribution is 2.33. The Morgan fingerprint density at radius 3 is 2.15 bits per heavy atom. The zero-order valence-electron chi connectivity index (χ0n) is 9.98. The summed E-state index contributed by atoms with van der Waals surface area (Å²) in [5.74, 6) is 0.588. The fourth-order valence-electron chi connectivity index (χ4n) is 1.69. The molecule has 1 unspecified atom stereocenters. The molecule has 1 nitrogen and oxygen atoms in total. The number of hydrogen-bond donors (Lipinski definition) is 0. The van der Waals surface area contributed by atoms with Crippen molar-refractivity contribution in [3.8, 4) is 0 Å². The zero-order valence-corrected chi connectivity index (χ0v) is 9.98. The van der Waals surface area contributed by atoms with Crippen LogP contribution in [0.3, 0.4) is 0 Å². The molecule has 1 heterocycles. The third kappa shape index (κ3) is 2.84. The Bertz CT molecular complexity index is 170. The summed E-state index contributed by atoms with van der Waals surface area (Å²) in [7, 11) is 0. The molecule has 1 aliphatic heterocycles. The Hall–Kier alpha value is -0.300. The third-order valence-corrected chi connectivity index (χ3v) is 2.59. The van der Waals surface area contributed by atoms with Crippen LogP contribution in [-0.4, -0.2) is 12.2 Å². The minimum atomic E-state index is 0.0457. The first-order valence-electron chi connectivity index (χ1n) is 5.43. The molecule has 0 spiro atoms. The average molecular weight is 184 g/mol. The van der Waals surface area contributed by atoms with Crippen molar-refractivity contribution in [2.24, 2.45) is 5.92 Å². The van der Waals surface area contributed by atoms with Crippen LogP contribution in [0.4, 0.5) is 0 Å². The molecule has 0 amide bonds. The van der Waals surface area contributed by atoms with Crippen molar-refractivity contribution in [1.29, 1.82) is 0 Å². The normalized spacial score (nSPS) is 26.8. The predicted octanol–water partition coefficient (Wildman–Crippen LogP) is 3.79. The number of rotatable bonds is 2. The molecule has 0 bridgehead atoms. The van der Waals surface area contributed by atoms with Crippen LogP contribution in [0, 0.1) is 5.92 Å². The Balaban J connectivity index is 0.000000671. The molecule has 0 radical (unpaired) electrons. The van der Waals surface area contributed by atoms with Gasteiger partial charge in [0.15, 0.2) is 0 Å². The highest BCUT2D eigenvalue weighted by atomic mass is 16.5. The lowest BCUT2D eigenvalue weighted by Gasteiger charge is -2.29. The molecule has 0 aromatic carbocycles. The molecule has 1 rings (SSSR count). The van der Waals surface area contributed by atoms with Crippen molar-refractivity contribution in [3.63, 3.8) is 0 Å². The molecule has 0 aliphatic carbocycles. The lowest BCUT2D eigenvalue weighted by molar-refractivity contribution is -0.0143. The first-order chi connectivity index (χ1) is 6.10. The van der Waals surface area contributed by atoms with Crippen LogP contribution in [0.15, 0.2) is 11.6 Å². The van der Waals surface area contributed by atoms with E-state index >= 15 is 0 Å². The smallest absolute Gasteiger partial charge is 0.0890 e. The molecule has 0 saturated heterocycles. The molecular formula is C12H24O. The second-order valence-electron chi connectivity index (χ2n) is 3.74. The molecule has 78 valence electrons. The summed E-state index contributed by atoms with van der Waals surface area (Å²) in [4.78, 5) is 0. The maximum absolute atomic E-state index is 5.77. The van der Waals surface area contributed by atoms with Crippen molar-refractivity contribution in [2.75, 3.05) is 6.61 Å². The van der Waals surface area contributed by atoms with Crippen LogP contribution in [0.5, 0.6) is 0 Å². The highest BCUT2D eigenvalue weighted by molar-refractivity contribution is 5.16. The summed E-state index contributed by atoms with van der Waals surface area (Å²) >= 11 is 0. The maximum Gasteiger partial charge on any atom is 0.0890 e. The van der Waals surface area contributed by atoms with Gasteiger partial charge in [-0.2, -0.15) is 0 Å². The van der Waals surface area contributed by atoms with Crippen molar-refractivity contribution in [2.45, 2.75) is 53.6 Å². The quantitative estimate of drug-likeness (QED) is 0.593. The highest BCUT2D eigenvalue weighted by Gasteiger charge is 2.34. The van der Waals surface area contributed by atoms with Gasteiger partial charge in [0, 0.05) is 0 Å². The third-order valence-electron chi connectivity index (χ3n) is 2.59. The topological polar surface area (TPSA) is 9.23 Å². The zero-order chi connectivity index (χ0) is 10.5. The van der Waals surface area contributed by atoms with Crippen LogP contribution in [0.25, 0.3) is 0 Å². The second-order valence-corrected chi connectivity index (χ2v) is 3.74. The molecule has 0 N–H and O–H groups in total. The van der Waals surface area contributed by atoms with E-state index in [4.69, 9.17) is 4.74 Å². The van der Waals surface area contributed by atoms with Crippen LogP contribution >= 0.6 is 0 Å². The molecule has 13 heavy (non-hydrogen) atoms. The summed E-state index contributed by atoms with van der Waals surface area (Å²) in [6.45, 7) is 13.6. The summed E-state index contributed by atoms with van der Waals surface area (Å²) < 4.78 is 5.77. The monoisotopic (exact) mass is 184 g/mol. The van der Waals surface area contributed by atoms with Gasteiger partial charge in [0.05, 0.1) is 12.2 Å². The van der Waals surface area contributed by atoms with Crippen LogP contribution in [0.2, 0.25) is 0 Å². The molecule has 0 aromatic rings. The van der Waals surface area contributed by atoms with Gasteiger partial charge in [0.1, 0.15) is 0 Å². The van der Waals surface area contributed by atoms with E-state index in [2.05, 4.69) is 33.8 Å². The van der Waals surface area contributed by atoms with E-state index in [0.717, 1.165) is 13.0 Å². The molecular weight excluding hydrogens is 160 g/mol. The lowest BCUT2D eigenvalue weighted by Crippen LogP contribution is -2.32. The minimum absolute atomic E-state index is 0.0457. The van der Waals surface area contributed by atoms with E-state index in [1.807, 2.05) is 13.8 Å². The van der Waals surface area contributed by atoms with E-state index in [0.29, 0.717) is 5.92 Å². The van der Waals surface area contributed by atoms with Crippen LogP contribution in [0.1, 0.15) is 48.0 Å². The van der Waals surface area contributed by atoms with Crippen molar-refractivity contribution < 1.29 is 4.74 Å². The van der Waals surface area contributed by atoms with Crippen molar-refractivity contribution in [3.05, 3.63) is 11.6 Å². The summed E-state index contributed by atoms with van der Waals surface area (Å²) in [5.41, 5.74) is 1.42. The SMILES string of the molecule is CC.CCC1(C(C)C)C=C(C)CO1. The van der Waals surface area contributed by atoms with Gasteiger partial charge in [0.25, 0.3) is 0 Å². The first-order valence-corrected chi connectivity index (χ1v) is 5.43. The van der Waals surface area contributed by atoms with E-state index in [1.165, 1.54) is 5.57 Å². The van der Waals surface area contributed by atoms with Gasteiger partial charge in [-0.1, -0.05) is 40.7 Å². The van der Waals surface area contributed by atoms with Gasteiger partial charge < -0.3 is 4.74 Å². The van der Waals surface area contributed by atoms with Crippen LogP contribution in [-0.2, 0) is 4.74 Å². The predicted molar refractivity (Wildman–Crippen MR) is 58.9 cm³/mol. The summed E-state index contributed by atoms with van der Waals surface area (Å²) in [6, 6.07) is 0. The summed E-state index contributed by atoms with van der Waals surface area (Å²) in [5, 5.41) is 0. The van der Waals surface area contributed by atoms with E-state index in [-0.39, 0.29) is 5.60 Å². The molecule has 0 aromatic heterocycles. The Morgan fingerprint density at radius 1 is 1.46 bits per heavy atom. The van der Waals surface area contributed by atoms with Gasteiger partial charge in [-0.15, -0.1) is 0 Å². The standard InChI is InChI=1S/C10H18O.C2H6/c1-5-10(8(2)3)6-9(4)7-11-10;1-2/h6,8H,5,7H2,1-4H3;1-2H3. The second kappa shape index (κ2) is 5.43. The maximum atomic E-state index is 5.77. The number of ether oxygens (including phenoxy) is 1. The number of hydrogen-bond acceptors (Lipinski definition) is 1.